The van der Waals surface area contributed by atoms with Gasteiger partial charge in [-0.15, -0.1) is 0 Å². The lowest BCUT2D eigenvalue weighted by Crippen LogP contribution is -2.48. The molecule has 3 N–H and O–H groups in total. The van der Waals surface area contributed by atoms with Gasteiger partial charge in [0.1, 0.15) is 6.04 Å². The lowest BCUT2D eigenvalue weighted by molar-refractivity contribution is -0.127. The van der Waals surface area contributed by atoms with E-state index in [0.29, 0.717) is 12.6 Å². The molecule has 6 nitrogen and oxygen atoms in total. The van der Waals surface area contributed by atoms with Crippen molar-refractivity contribution in [2.75, 3.05) is 25.0 Å². The second-order valence-electron chi connectivity index (χ2n) is 7.75. The summed E-state index contributed by atoms with van der Waals surface area (Å²) < 4.78 is 0. The predicted octanol–water partition coefficient (Wildman–Crippen LogP) is 3.71. The number of nitrogens with one attached hydrogen (secondary N) is 3. The summed E-state index contributed by atoms with van der Waals surface area (Å²) in [7, 11) is 0. The number of rotatable bonds is 7. The Bertz CT molecular complexity index is 939. The van der Waals surface area contributed by atoms with E-state index in [1.807, 2.05) is 24.4 Å². The number of aromatic nitrogens is 2. The average Bonchev–Trinajstić information content (AvgIpc) is 3.21. The summed E-state index contributed by atoms with van der Waals surface area (Å²) in [5.41, 5.74) is 3.19. The normalized spacial score (nSPS) is 18.4. The van der Waals surface area contributed by atoms with Crippen LogP contribution in [0.1, 0.15) is 37.8 Å². The van der Waals surface area contributed by atoms with Crippen molar-refractivity contribution in [3.8, 4) is 0 Å². The van der Waals surface area contributed by atoms with Crippen LogP contribution in [0.15, 0.2) is 54.7 Å². The second kappa shape index (κ2) is 9.09. The SMILES string of the molecule is CCCNC(=O)C(c1ccccc1)N1CCCC(Nc2ccc3[nH]ncc3c2)C1. The van der Waals surface area contributed by atoms with E-state index in [4.69, 9.17) is 0 Å². The van der Waals surface area contributed by atoms with Crippen LogP contribution in [-0.2, 0) is 4.79 Å². The Morgan fingerprint density at radius 3 is 2.97 bits per heavy atom. The maximum absolute atomic E-state index is 13.0. The minimum absolute atomic E-state index is 0.0958. The molecule has 0 radical (unpaired) electrons. The Kier molecular flexibility index (Phi) is 6.10. The molecule has 2 unspecified atom stereocenters. The van der Waals surface area contributed by atoms with Gasteiger partial charge in [0.2, 0.25) is 5.91 Å². The number of carbonyl (C=O) groups excluding carboxylic acids is 1. The van der Waals surface area contributed by atoms with E-state index in [1.165, 1.54) is 0 Å². The van der Waals surface area contributed by atoms with E-state index in [9.17, 15) is 4.79 Å². The third kappa shape index (κ3) is 4.59. The van der Waals surface area contributed by atoms with Crippen molar-refractivity contribution >= 4 is 22.5 Å². The fourth-order valence-corrected chi connectivity index (χ4v) is 4.14. The zero-order valence-electron chi connectivity index (χ0n) is 16.9. The molecule has 3 aromatic rings. The second-order valence-corrected chi connectivity index (χ2v) is 7.75. The Hall–Kier alpha value is -2.86. The van der Waals surface area contributed by atoms with Crippen molar-refractivity contribution in [2.24, 2.45) is 0 Å². The molecule has 2 atom stereocenters. The lowest BCUT2D eigenvalue weighted by Gasteiger charge is -2.38. The molecular weight excluding hydrogens is 362 g/mol. The van der Waals surface area contributed by atoms with Crippen LogP contribution in [0.4, 0.5) is 5.69 Å². The van der Waals surface area contributed by atoms with Gasteiger partial charge < -0.3 is 10.6 Å². The molecule has 1 amide bonds. The zero-order valence-corrected chi connectivity index (χ0v) is 16.9. The number of H-pyrrole nitrogens is 1. The Morgan fingerprint density at radius 1 is 1.28 bits per heavy atom. The number of hydrogen-bond acceptors (Lipinski definition) is 4. The maximum Gasteiger partial charge on any atom is 0.241 e. The zero-order chi connectivity index (χ0) is 20.1. The number of benzene rings is 2. The number of hydrogen-bond donors (Lipinski definition) is 3. The number of likely N-dealkylation sites (tertiary alicyclic amines) is 1. The molecule has 152 valence electrons. The molecule has 4 rings (SSSR count). The van der Waals surface area contributed by atoms with Gasteiger partial charge in [-0.25, -0.2) is 0 Å². The fourth-order valence-electron chi connectivity index (χ4n) is 4.14. The van der Waals surface area contributed by atoms with Crippen LogP contribution in [0.2, 0.25) is 0 Å². The van der Waals surface area contributed by atoms with Crippen LogP contribution in [0, 0.1) is 0 Å². The van der Waals surface area contributed by atoms with Crippen LogP contribution in [-0.4, -0.2) is 46.7 Å². The highest BCUT2D eigenvalue weighted by Crippen LogP contribution is 2.27. The first kappa shape index (κ1) is 19.5. The van der Waals surface area contributed by atoms with Crippen molar-refractivity contribution in [3.63, 3.8) is 0 Å². The Balaban J connectivity index is 1.50. The third-order valence-electron chi connectivity index (χ3n) is 5.54. The van der Waals surface area contributed by atoms with E-state index in [0.717, 1.165) is 54.5 Å². The van der Waals surface area contributed by atoms with Crippen LogP contribution in [0.5, 0.6) is 0 Å². The van der Waals surface area contributed by atoms with Gasteiger partial charge in [0.25, 0.3) is 0 Å². The first-order valence-corrected chi connectivity index (χ1v) is 10.5. The highest BCUT2D eigenvalue weighted by atomic mass is 16.2. The molecule has 0 bridgehead atoms. The molecular formula is C23H29N5O. The molecule has 0 aliphatic carbocycles. The first-order chi connectivity index (χ1) is 14.2. The fraction of sp³-hybridized carbons (Fsp3) is 0.391. The van der Waals surface area contributed by atoms with E-state index in [1.54, 1.807) is 0 Å². The summed E-state index contributed by atoms with van der Waals surface area (Å²) in [6, 6.07) is 16.4. The minimum Gasteiger partial charge on any atom is -0.381 e. The molecule has 6 heteroatoms. The topological polar surface area (TPSA) is 73.1 Å². The van der Waals surface area contributed by atoms with Gasteiger partial charge in [-0.05, 0) is 49.6 Å². The van der Waals surface area contributed by atoms with Gasteiger partial charge in [-0.3, -0.25) is 14.8 Å². The van der Waals surface area contributed by atoms with Gasteiger partial charge in [0, 0.05) is 30.2 Å². The molecule has 0 saturated carbocycles. The molecule has 2 heterocycles. The summed E-state index contributed by atoms with van der Waals surface area (Å²) in [4.78, 5) is 15.3. The molecule has 1 aliphatic rings. The lowest BCUT2D eigenvalue weighted by atomic mass is 9.98. The Labute approximate surface area is 171 Å². The van der Waals surface area contributed by atoms with Crippen LogP contribution in [0.3, 0.4) is 0 Å². The number of piperidine rings is 1. The van der Waals surface area contributed by atoms with Gasteiger partial charge in [0.15, 0.2) is 0 Å². The maximum atomic E-state index is 13.0. The van der Waals surface area contributed by atoms with Crippen molar-refractivity contribution in [3.05, 3.63) is 60.3 Å². The number of nitrogens with zero attached hydrogens (tertiary/aromatic N) is 2. The summed E-state index contributed by atoms with van der Waals surface area (Å²) in [5.74, 6) is 0.0958. The molecule has 1 saturated heterocycles. The molecule has 0 spiro atoms. The predicted molar refractivity (Wildman–Crippen MR) is 117 cm³/mol. The summed E-state index contributed by atoms with van der Waals surface area (Å²) in [6.07, 6.45) is 4.94. The summed E-state index contributed by atoms with van der Waals surface area (Å²) in [6.45, 7) is 4.55. The van der Waals surface area contributed by atoms with E-state index in [-0.39, 0.29) is 11.9 Å². The average molecular weight is 392 g/mol. The molecule has 1 fully saturated rings. The highest BCUT2D eigenvalue weighted by Gasteiger charge is 2.31. The highest BCUT2D eigenvalue weighted by molar-refractivity contribution is 5.83. The largest absolute Gasteiger partial charge is 0.381 e. The quantitative estimate of drug-likeness (QED) is 0.574. The molecule has 2 aromatic carbocycles. The van der Waals surface area contributed by atoms with E-state index >= 15 is 0 Å². The van der Waals surface area contributed by atoms with Crippen molar-refractivity contribution in [1.29, 1.82) is 0 Å². The molecule has 1 aliphatic heterocycles. The van der Waals surface area contributed by atoms with Gasteiger partial charge in [0.05, 0.1) is 11.7 Å². The summed E-state index contributed by atoms with van der Waals surface area (Å²) >= 11 is 0. The van der Waals surface area contributed by atoms with Gasteiger partial charge in [-0.2, -0.15) is 5.10 Å². The molecule has 1 aromatic heterocycles. The minimum atomic E-state index is -0.247. The smallest absolute Gasteiger partial charge is 0.241 e. The third-order valence-corrected chi connectivity index (χ3v) is 5.54. The van der Waals surface area contributed by atoms with E-state index < -0.39 is 0 Å². The van der Waals surface area contributed by atoms with Gasteiger partial charge in [-0.1, -0.05) is 37.3 Å². The van der Waals surface area contributed by atoms with Crippen LogP contribution >= 0.6 is 0 Å². The number of aromatic amines is 1. The number of amides is 1. The van der Waals surface area contributed by atoms with Crippen molar-refractivity contribution < 1.29 is 4.79 Å². The number of anilines is 1. The molecule has 29 heavy (non-hydrogen) atoms. The standard InChI is InChI=1S/C23H29N5O/c1-2-12-24-23(29)22(17-7-4-3-5-8-17)28-13-6-9-20(16-28)26-19-10-11-21-18(14-19)15-25-27-21/h3-5,7-8,10-11,14-15,20,22,26H,2,6,9,12-13,16H2,1H3,(H,24,29)(H,25,27). The first-order valence-electron chi connectivity index (χ1n) is 10.5. The van der Waals surface area contributed by atoms with Crippen LogP contribution < -0.4 is 10.6 Å². The summed E-state index contributed by atoms with van der Waals surface area (Å²) in [5, 5.41) is 15.0. The van der Waals surface area contributed by atoms with Crippen LogP contribution in [0.25, 0.3) is 10.9 Å². The number of fused-ring (bicyclic) bond motifs is 1. The van der Waals surface area contributed by atoms with Gasteiger partial charge >= 0.3 is 0 Å². The van der Waals surface area contributed by atoms with Crippen molar-refractivity contribution in [2.45, 2.75) is 38.3 Å². The Morgan fingerprint density at radius 2 is 2.14 bits per heavy atom. The monoisotopic (exact) mass is 391 g/mol. The van der Waals surface area contributed by atoms with E-state index in [2.05, 4.69) is 63.0 Å². The van der Waals surface area contributed by atoms with Crippen molar-refractivity contribution in [1.82, 2.24) is 20.4 Å². The number of carbonyl (C=O) groups is 1.